The molecule has 1 heterocycles. The normalized spacial score (nSPS) is 13.3. The Morgan fingerprint density at radius 1 is 1.40 bits per heavy atom. The number of aliphatic hydroxyl groups is 1. The van der Waals surface area contributed by atoms with E-state index < -0.39 is 6.10 Å². The Labute approximate surface area is 90.2 Å². The molecule has 2 nitrogen and oxygen atoms in total. The average Bonchev–Trinajstić information content (AvgIpc) is 2.55. The van der Waals surface area contributed by atoms with Crippen molar-refractivity contribution in [3.63, 3.8) is 0 Å². The smallest absolute Gasteiger partial charge is 0.0782 e. The van der Waals surface area contributed by atoms with Gasteiger partial charge in [0.25, 0.3) is 0 Å². The Hall–Kier alpha value is -1.28. The van der Waals surface area contributed by atoms with Crippen LogP contribution >= 0.6 is 0 Å². The minimum absolute atomic E-state index is 0.409. The van der Waals surface area contributed by atoms with Gasteiger partial charge in [0.2, 0.25) is 0 Å². The molecular formula is C13H17NO. The van der Waals surface area contributed by atoms with Gasteiger partial charge in [-0.25, -0.2) is 0 Å². The molecule has 1 aromatic heterocycles. The maximum atomic E-state index is 9.74. The van der Waals surface area contributed by atoms with Crippen molar-refractivity contribution in [2.24, 2.45) is 0 Å². The van der Waals surface area contributed by atoms with Gasteiger partial charge in [-0.05, 0) is 26.3 Å². The predicted octanol–water partition coefficient (Wildman–Crippen LogP) is 3.02. The molecule has 0 saturated heterocycles. The zero-order chi connectivity index (χ0) is 11.0. The molecule has 80 valence electrons. The SMILES string of the molecule is CCn1cc(C)c2cccc(C(C)O)c21. The molecule has 15 heavy (non-hydrogen) atoms. The Balaban J connectivity index is 2.82. The zero-order valence-electron chi connectivity index (χ0n) is 9.49. The van der Waals surface area contributed by atoms with Crippen LogP contribution < -0.4 is 0 Å². The number of fused-ring (bicyclic) bond motifs is 1. The van der Waals surface area contributed by atoms with Gasteiger partial charge in [-0.1, -0.05) is 18.2 Å². The van der Waals surface area contributed by atoms with Crippen molar-refractivity contribution in [1.29, 1.82) is 0 Å². The minimum Gasteiger partial charge on any atom is -0.389 e. The fraction of sp³-hybridized carbons (Fsp3) is 0.385. The molecule has 0 radical (unpaired) electrons. The molecule has 2 rings (SSSR count). The summed E-state index contributed by atoms with van der Waals surface area (Å²) in [5.74, 6) is 0. The van der Waals surface area contributed by atoms with Gasteiger partial charge in [-0.15, -0.1) is 0 Å². The highest BCUT2D eigenvalue weighted by molar-refractivity contribution is 5.86. The Bertz CT molecular complexity index is 482. The topological polar surface area (TPSA) is 25.2 Å². The molecule has 0 amide bonds. The molecule has 1 unspecified atom stereocenters. The molecular weight excluding hydrogens is 186 g/mol. The number of rotatable bonds is 2. The first-order valence-corrected chi connectivity index (χ1v) is 5.41. The number of hydrogen-bond acceptors (Lipinski definition) is 1. The van der Waals surface area contributed by atoms with E-state index in [4.69, 9.17) is 0 Å². The highest BCUT2D eigenvalue weighted by Crippen LogP contribution is 2.27. The number of benzene rings is 1. The fourth-order valence-electron chi connectivity index (χ4n) is 2.15. The summed E-state index contributed by atoms with van der Waals surface area (Å²) in [6.07, 6.45) is 1.74. The van der Waals surface area contributed by atoms with E-state index in [-0.39, 0.29) is 0 Å². The summed E-state index contributed by atoms with van der Waals surface area (Å²) in [6, 6.07) is 6.12. The van der Waals surface area contributed by atoms with E-state index in [1.807, 2.05) is 19.1 Å². The summed E-state index contributed by atoms with van der Waals surface area (Å²) in [4.78, 5) is 0. The molecule has 0 saturated carbocycles. The second-order valence-corrected chi connectivity index (χ2v) is 4.02. The summed E-state index contributed by atoms with van der Waals surface area (Å²) < 4.78 is 2.20. The molecule has 0 aliphatic heterocycles. The lowest BCUT2D eigenvalue weighted by Crippen LogP contribution is -1.98. The van der Waals surface area contributed by atoms with E-state index in [2.05, 4.69) is 30.7 Å². The molecule has 0 bridgehead atoms. The molecule has 1 N–H and O–H groups in total. The lowest BCUT2D eigenvalue weighted by Gasteiger charge is -2.10. The largest absolute Gasteiger partial charge is 0.389 e. The molecule has 0 aliphatic rings. The summed E-state index contributed by atoms with van der Waals surface area (Å²) in [6.45, 7) is 6.99. The van der Waals surface area contributed by atoms with Crippen LogP contribution in [0.15, 0.2) is 24.4 Å². The molecule has 1 aromatic carbocycles. The third-order valence-corrected chi connectivity index (χ3v) is 2.92. The second kappa shape index (κ2) is 3.70. The Morgan fingerprint density at radius 2 is 2.13 bits per heavy atom. The van der Waals surface area contributed by atoms with Crippen molar-refractivity contribution in [1.82, 2.24) is 4.57 Å². The third kappa shape index (κ3) is 1.55. The van der Waals surface area contributed by atoms with Crippen LogP contribution in [-0.2, 0) is 6.54 Å². The first kappa shape index (κ1) is 10.2. The predicted molar refractivity (Wildman–Crippen MR) is 63.0 cm³/mol. The van der Waals surface area contributed by atoms with Crippen molar-refractivity contribution in [2.75, 3.05) is 0 Å². The lowest BCUT2D eigenvalue weighted by molar-refractivity contribution is 0.200. The van der Waals surface area contributed by atoms with E-state index in [9.17, 15) is 5.11 Å². The lowest BCUT2D eigenvalue weighted by atomic mass is 10.1. The molecule has 1 atom stereocenters. The summed E-state index contributed by atoms with van der Waals surface area (Å²) in [7, 11) is 0. The summed E-state index contributed by atoms with van der Waals surface area (Å²) in [5.41, 5.74) is 3.46. The van der Waals surface area contributed by atoms with E-state index >= 15 is 0 Å². The molecule has 2 heteroatoms. The summed E-state index contributed by atoms with van der Waals surface area (Å²) >= 11 is 0. The average molecular weight is 203 g/mol. The number of hydrogen-bond donors (Lipinski definition) is 1. The van der Waals surface area contributed by atoms with Crippen LogP contribution in [0.1, 0.15) is 31.1 Å². The molecule has 0 spiro atoms. The van der Waals surface area contributed by atoms with Crippen molar-refractivity contribution in [3.8, 4) is 0 Å². The molecule has 0 fully saturated rings. The maximum Gasteiger partial charge on any atom is 0.0782 e. The van der Waals surface area contributed by atoms with Gasteiger partial charge in [0.15, 0.2) is 0 Å². The number of aliphatic hydroxyl groups excluding tert-OH is 1. The van der Waals surface area contributed by atoms with Crippen LogP contribution in [0.2, 0.25) is 0 Å². The monoisotopic (exact) mass is 203 g/mol. The van der Waals surface area contributed by atoms with Crippen LogP contribution in [0.3, 0.4) is 0 Å². The molecule has 2 aromatic rings. The first-order chi connectivity index (χ1) is 7.15. The van der Waals surface area contributed by atoms with Crippen LogP contribution in [0.5, 0.6) is 0 Å². The van der Waals surface area contributed by atoms with Gasteiger partial charge >= 0.3 is 0 Å². The second-order valence-electron chi connectivity index (χ2n) is 4.02. The highest BCUT2D eigenvalue weighted by Gasteiger charge is 2.11. The quantitative estimate of drug-likeness (QED) is 0.797. The fourth-order valence-corrected chi connectivity index (χ4v) is 2.15. The number of para-hydroxylation sites is 1. The van der Waals surface area contributed by atoms with Crippen molar-refractivity contribution in [3.05, 3.63) is 35.5 Å². The first-order valence-electron chi connectivity index (χ1n) is 5.41. The third-order valence-electron chi connectivity index (χ3n) is 2.92. The van der Waals surface area contributed by atoms with Crippen LogP contribution in [0.4, 0.5) is 0 Å². The standard InChI is InChI=1S/C13H17NO/c1-4-14-8-9(2)11-6-5-7-12(10(3)15)13(11)14/h5-8,10,15H,4H2,1-3H3. The zero-order valence-corrected chi connectivity index (χ0v) is 9.49. The maximum absolute atomic E-state index is 9.74. The summed E-state index contributed by atoms with van der Waals surface area (Å²) in [5, 5.41) is 11.0. The van der Waals surface area contributed by atoms with Gasteiger partial charge in [-0.2, -0.15) is 0 Å². The van der Waals surface area contributed by atoms with Crippen LogP contribution in [0.25, 0.3) is 10.9 Å². The van der Waals surface area contributed by atoms with E-state index in [1.165, 1.54) is 16.5 Å². The molecule has 0 aliphatic carbocycles. The van der Waals surface area contributed by atoms with Gasteiger partial charge < -0.3 is 9.67 Å². The minimum atomic E-state index is -0.409. The Morgan fingerprint density at radius 3 is 2.73 bits per heavy atom. The van der Waals surface area contributed by atoms with Crippen molar-refractivity contribution < 1.29 is 5.11 Å². The van der Waals surface area contributed by atoms with E-state index in [0.29, 0.717) is 0 Å². The number of nitrogens with zero attached hydrogens (tertiary/aromatic N) is 1. The number of aromatic nitrogens is 1. The highest BCUT2D eigenvalue weighted by atomic mass is 16.3. The van der Waals surface area contributed by atoms with Gasteiger partial charge in [0, 0.05) is 23.7 Å². The van der Waals surface area contributed by atoms with Crippen LogP contribution in [-0.4, -0.2) is 9.67 Å². The van der Waals surface area contributed by atoms with Gasteiger partial charge in [0.1, 0.15) is 0 Å². The van der Waals surface area contributed by atoms with Crippen molar-refractivity contribution >= 4 is 10.9 Å². The van der Waals surface area contributed by atoms with E-state index in [1.54, 1.807) is 0 Å². The van der Waals surface area contributed by atoms with Gasteiger partial charge in [-0.3, -0.25) is 0 Å². The van der Waals surface area contributed by atoms with Crippen LogP contribution in [0, 0.1) is 6.92 Å². The van der Waals surface area contributed by atoms with E-state index in [0.717, 1.165) is 12.1 Å². The Kier molecular flexibility index (Phi) is 2.53. The van der Waals surface area contributed by atoms with Crippen molar-refractivity contribution in [2.45, 2.75) is 33.4 Å². The number of aryl methyl sites for hydroxylation is 2. The van der Waals surface area contributed by atoms with Gasteiger partial charge in [0.05, 0.1) is 11.6 Å².